The Morgan fingerprint density at radius 3 is 2.62 bits per heavy atom. The molecule has 116 valence electrons. The van der Waals surface area contributed by atoms with Gasteiger partial charge in [0.05, 0.1) is 11.9 Å². The highest BCUT2D eigenvalue weighted by molar-refractivity contribution is 7.92. The lowest BCUT2D eigenvalue weighted by Crippen LogP contribution is -2.25. The number of aryl methyl sites for hydroxylation is 1. The van der Waals surface area contributed by atoms with Gasteiger partial charge in [-0.2, -0.15) is 0 Å². The maximum absolute atomic E-state index is 12.0. The molecule has 1 aliphatic rings. The molecule has 0 saturated carbocycles. The highest BCUT2D eigenvalue weighted by Crippen LogP contribution is 2.17. The van der Waals surface area contributed by atoms with Crippen molar-refractivity contribution in [1.29, 1.82) is 0 Å². The van der Waals surface area contributed by atoms with Crippen molar-refractivity contribution in [3.8, 4) is 0 Å². The number of sulfonamides is 1. The molecule has 2 rings (SSSR count). The predicted molar refractivity (Wildman–Crippen MR) is 78.8 cm³/mol. The Morgan fingerprint density at radius 2 is 2.05 bits per heavy atom. The molecule has 1 heterocycles. The van der Waals surface area contributed by atoms with Crippen LogP contribution in [0.2, 0.25) is 0 Å². The summed E-state index contributed by atoms with van der Waals surface area (Å²) in [6, 6.07) is 6.74. The van der Waals surface area contributed by atoms with Gasteiger partial charge >= 0.3 is 5.97 Å². The van der Waals surface area contributed by atoms with Gasteiger partial charge in [-0.15, -0.1) is 0 Å². The molecule has 21 heavy (non-hydrogen) atoms. The minimum absolute atomic E-state index is 0.0340. The summed E-state index contributed by atoms with van der Waals surface area (Å²) in [5.74, 6) is -0.885. The van der Waals surface area contributed by atoms with Gasteiger partial charge < -0.3 is 9.84 Å². The first-order valence-electron chi connectivity index (χ1n) is 6.87. The summed E-state index contributed by atoms with van der Waals surface area (Å²) in [5.41, 5.74) is 1.34. The summed E-state index contributed by atoms with van der Waals surface area (Å²) in [7, 11) is -3.43. The fourth-order valence-corrected chi connectivity index (χ4v) is 3.56. The number of carbonyl (C=O) groups is 1. The molecule has 1 unspecified atom stereocenters. The molecule has 0 bridgehead atoms. The van der Waals surface area contributed by atoms with E-state index in [1.165, 1.54) is 0 Å². The van der Waals surface area contributed by atoms with Crippen molar-refractivity contribution in [1.82, 2.24) is 0 Å². The summed E-state index contributed by atoms with van der Waals surface area (Å²) in [4.78, 5) is 10.5. The molecular weight excluding hydrogens is 294 g/mol. The van der Waals surface area contributed by atoms with E-state index in [2.05, 4.69) is 4.72 Å². The van der Waals surface area contributed by atoms with Crippen LogP contribution >= 0.6 is 0 Å². The zero-order chi connectivity index (χ0) is 15.3. The Hall–Kier alpha value is -1.60. The number of hydrogen-bond acceptors (Lipinski definition) is 4. The van der Waals surface area contributed by atoms with Crippen molar-refractivity contribution in [2.45, 2.75) is 31.8 Å². The zero-order valence-corrected chi connectivity index (χ0v) is 12.4. The van der Waals surface area contributed by atoms with Crippen LogP contribution in [0.3, 0.4) is 0 Å². The van der Waals surface area contributed by atoms with Gasteiger partial charge in [-0.3, -0.25) is 9.52 Å². The Bertz CT molecular complexity index is 576. The van der Waals surface area contributed by atoms with Crippen LogP contribution in [0.15, 0.2) is 24.3 Å². The van der Waals surface area contributed by atoms with Crippen LogP contribution in [0.25, 0.3) is 0 Å². The van der Waals surface area contributed by atoms with Crippen LogP contribution < -0.4 is 4.72 Å². The molecule has 0 radical (unpaired) electrons. The van der Waals surface area contributed by atoms with Gasteiger partial charge in [-0.1, -0.05) is 12.1 Å². The van der Waals surface area contributed by atoms with Crippen molar-refractivity contribution in [2.24, 2.45) is 0 Å². The van der Waals surface area contributed by atoms with Crippen molar-refractivity contribution < 1.29 is 23.1 Å². The number of hydrogen-bond donors (Lipinski definition) is 2. The normalized spacial score (nSPS) is 18.6. The van der Waals surface area contributed by atoms with Crippen molar-refractivity contribution in [2.75, 3.05) is 17.1 Å². The Kier molecular flexibility index (Phi) is 5.19. The topological polar surface area (TPSA) is 92.7 Å². The number of carboxylic acid groups (broad SMARTS) is 1. The summed E-state index contributed by atoms with van der Waals surface area (Å²) in [6.07, 6.45) is 1.94. The first kappa shape index (κ1) is 15.8. The summed E-state index contributed by atoms with van der Waals surface area (Å²) in [6.45, 7) is 0.623. The third-order valence-corrected chi connectivity index (χ3v) is 4.64. The van der Waals surface area contributed by atoms with E-state index in [1.807, 2.05) is 0 Å². The van der Waals surface area contributed by atoms with E-state index in [-0.39, 0.29) is 18.3 Å². The molecule has 2 N–H and O–H groups in total. The smallest absolute Gasteiger partial charge is 0.303 e. The minimum atomic E-state index is -3.43. The lowest BCUT2D eigenvalue weighted by atomic mass is 10.1. The molecule has 0 amide bonds. The zero-order valence-electron chi connectivity index (χ0n) is 11.6. The Balaban J connectivity index is 1.91. The molecule has 1 saturated heterocycles. The fourth-order valence-electron chi connectivity index (χ4n) is 2.23. The number of aliphatic carboxylic acids is 1. The van der Waals surface area contributed by atoms with Crippen LogP contribution in [0.1, 0.15) is 24.8 Å². The van der Waals surface area contributed by atoms with E-state index in [4.69, 9.17) is 9.84 Å². The van der Waals surface area contributed by atoms with Gasteiger partial charge in [0.15, 0.2) is 0 Å². The Labute approximate surface area is 124 Å². The quantitative estimate of drug-likeness (QED) is 0.798. The van der Waals surface area contributed by atoms with Gasteiger partial charge in [0.1, 0.15) is 0 Å². The Morgan fingerprint density at radius 1 is 1.33 bits per heavy atom. The van der Waals surface area contributed by atoms with Crippen molar-refractivity contribution >= 4 is 21.7 Å². The average Bonchev–Trinajstić information content (AvgIpc) is 2.89. The van der Waals surface area contributed by atoms with E-state index >= 15 is 0 Å². The number of ether oxygens (including phenoxy) is 1. The average molecular weight is 313 g/mol. The van der Waals surface area contributed by atoms with Crippen molar-refractivity contribution in [3.63, 3.8) is 0 Å². The van der Waals surface area contributed by atoms with Gasteiger partial charge in [0.25, 0.3) is 0 Å². The summed E-state index contributed by atoms with van der Waals surface area (Å²) in [5, 5.41) is 8.61. The maximum atomic E-state index is 12.0. The van der Waals surface area contributed by atoms with E-state index in [9.17, 15) is 13.2 Å². The predicted octanol–water partition coefficient (Wildman–Crippen LogP) is 1.62. The molecule has 1 atom stereocenters. The van der Waals surface area contributed by atoms with E-state index in [0.29, 0.717) is 18.7 Å². The van der Waals surface area contributed by atoms with Crippen LogP contribution in [-0.4, -0.2) is 38.0 Å². The lowest BCUT2D eigenvalue weighted by Gasteiger charge is -2.12. The number of anilines is 1. The lowest BCUT2D eigenvalue weighted by molar-refractivity contribution is -0.136. The standard InChI is InChI=1S/C14H19NO5S/c16-14(17)8-5-11-3-6-12(7-4-11)15-21(18,19)10-13-2-1-9-20-13/h3-4,6-7,13,15H,1-2,5,8-10H2,(H,16,17). The summed E-state index contributed by atoms with van der Waals surface area (Å²) >= 11 is 0. The van der Waals surface area contributed by atoms with Crippen molar-refractivity contribution in [3.05, 3.63) is 29.8 Å². The molecule has 0 aromatic heterocycles. The molecule has 6 nitrogen and oxygen atoms in total. The third kappa shape index (κ3) is 5.35. The molecule has 0 aliphatic carbocycles. The first-order valence-corrected chi connectivity index (χ1v) is 8.53. The number of benzene rings is 1. The highest BCUT2D eigenvalue weighted by atomic mass is 32.2. The maximum Gasteiger partial charge on any atom is 0.303 e. The molecule has 1 aromatic carbocycles. The third-order valence-electron chi connectivity index (χ3n) is 3.28. The largest absolute Gasteiger partial charge is 0.481 e. The van der Waals surface area contributed by atoms with Gasteiger partial charge in [-0.25, -0.2) is 8.42 Å². The molecule has 1 fully saturated rings. The molecule has 0 spiro atoms. The van der Waals surface area contributed by atoms with E-state index < -0.39 is 16.0 Å². The number of nitrogens with one attached hydrogen (secondary N) is 1. The molecule has 7 heteroatoms. The molecular formula is C14H19NO5S. The molecule has 1 aromatic rings. The van der Waals surface area contributed by atoms with Gasteiger partial charge in [0, 0.05) is 18.7 Å². The number of rotatable bonds is 7. The fraction of sp³-hybridized carbons (Fsp3) is 0.500. The van der Waals surface area contributed by atoms with Crippen LogP contribution in [0.4, 0.5) is 5.69 Å². The summed E-state index contributed by atoms with van der Waals surface area (Å²) < 4.78 is 31.8. The second kappa shape index (κ2) is 6.91. The van der Waals surface area contributed by atoms with Gasteiger partial charge in [0.2, 0.25) is 10.0 Å². The minimum Gasteiger partial charge on any atom is -0.481 e. The second-order valence-electron chi connectivity index (χ2n) is 5.11. The van der Waals surface area contributed by atoms with Gasteiger partial charge in [-0.05, 0) is 37.0 Å². The monoisotopic (exact) mass is 313 g/mol. The van der Waals surface area contributed by atoms with Crippen LogP contribution in [0, 0.1) is 0 Å². The van der Waals surface area contributed by atoms with Crippen LogP contribution in [0.5, 0.6) is 0 Å². The number of carboxylic acids is 1. The molecule has 1 aliphatic heterocycles. The van der Waals surface area contributed by atoms with E-state index in [1.54, 1.807) is 24.3 Å². The van der Waals surface area contributed by atoms with Crippen LogP contribution in [-0.2, 0) is 26.0 Å². The first-order chi connectivity index (χ1) is 9.94. The van der Waals surface area contributed by atoms with E-state index in [0.717, 1.165) is 18.4 Å². The highest BCUT2D eigenvalue weighted by Gasteiger charge is 2.23. The SMILES string of the molecule is O=C(O)CCc1ccc(NS(=O)(=O)CC2CCCO2)cc1. The second-order valence-corrected chi connectivity index (χ2v) is 6.88.